The zero-order valence-corrected chi connectivity index (χ0v) is 10.5. The van der Waals surface area contributed by atoms with Gasteiger partial charge in [0.1, 0.15) is 0 Å². The highest BCUT2D eigenvalue weighted by atomic mass is 32.2. The van der Waals surface area contributed by atoms with Crippen LogP contribution in [0.1, 0.15) is 19.8 Å². The van der Waals surface area contributed by atoms with E-state index >= 15 is 0 Å². The van der Waals surface area contributed by atoms with Gasteiger partial charge in [0.05, 0.1) is 30.4 Å². The van der Waals surface area contributed by atoms with Gasteiger partial charge >= 0.3 is 5.97 Å². The van der Waals surface area contributed by atoms with Crippen molar-refractivity contribution in [2.45, 2.75) is 31.1 Å². The van der Waals surface area contributed by atoms with E-state index in [0.717, 1.165) is 0 Å². The number of aliphatic carboxylic acids is 1. The molecule has 2 aliphatic rings. The quantitative estimate of drug-likeness (QED) is 0.749. The maximum absolute atomic E-state index is 12.2. The fourth-order valence-corrected chi connectivity index (χ4v) is 4.28. The Labute approximate surface area is 101 Å². The van der Waals surface area contributed by atoms with Crippen molar-refractivity contribution in [3.63, 3.8) is 0 Å². The topological polar surface area (TPSA) is 83.9 Å². The summed E-state index contributed by atoms with van der Waals surface area (Å²) in [6.07, 6.45) is 1.37. The van der Waals surface area contributed by atoms with Crippen LogP contribution in [0.25, 0.3) is 0 Å². The van der Waals surface area contributed by atoms with Gasteiger partial charge < -0.3 is 9.84 Å². The molecule has 1 heterocycles. The summed E-state index contributed by atoms with van der Waals surface area (Å²) in [5, 5.41) is 8.74. The normalized spacial score (nSPS) is 29.8. The minimum atomic E-state index is -3.34. The lowest BCUT2D eigenvalue weighted by molar-refractivity contribution is -0.142. The summed E-state index contributed by atoms with van der Waals surface area (Å²) in [4.78, 5) is 11.0. The highest BCUT2D eigenvalue weighted by Gasteiger charge is 2.47. The number of hydrogen-bond donors (Lipinski definition) is 1. The second-order valence-electron chi connectivity index (χ2n) is 4.50. The van der Waals surface area contributed by atoms with E-state index in [9.17, 15) is 13.2 Å². The monoisotopic (exact) mass is 263 g/mol. The van der Waals surface area contributed by atoms with Crippen LogP contribution < -0.4 is 0 Å². The van der Waals surface area contributed by atoms with Crippen LogP contribution in [0.4, 0.5) is 0 Å². The molecule has 1 saturated carbocycles. The maximum atomic E-state index is 12.2. The summed E-state index contributed by atoms with van der Waals surface area (Å²) in [6, 6.07) is -0.553. The molecule has 1 aliphatic heterocycles. The molecule has 7 heteroatoms. The van der Waals surface area contributed by atoms with Gasteiger partial charge in [0.2, 0.25) is 10.0 Å². The Kier molecular flexibility index (Phi) is 3.42. The van der Waals surface area contributed by atoms with Gasteiger partial charge in [-0.2, -0.15) is 4.31 Å². The van der Waals surface area contributed by atoms with Gasteiger partial charge in [-0.1, -0.05) is 6.92 Å². The first-order valence-corrected chi connectivity index (χ1v) is 7.30. The molecule has 2 fully saturated rings. The van der Waals surface area contributed by atoms with Gasteiger partial charge in [-0.05, 0) is 12.8 Å². The van der Waals surface area contributed by atoms with Gasteiger partial charge in [-0.25, -0.2) is 8.42 Å². The lowest BCUT2D eigenvalue weighted by atomic mass is 10.0. The minimum absolute atomic E-state index is 0.0939. The van der Waals surface area contributed by atoms with Gasteiger partial charge in [0.25, 0.3) is 0 Å². The summed E-state index contributed by atoms with van der Waals surface area (Å²) < 4.78 is 30.8. The fraction of sp³-hybridized carbons (Fsp3) is 0.900. The average molecular weight is 263 g/mol. The molecule has 1 N–H and O–H groups in total. The van der Waals surface area contributed by atoms with Crippen LogP contribution >= 0.6 is 0 Å². The molecule has 1 saturated heterocycles. The second-order valence-corrected chi connectivity index (χ2v) is 6.66. The van der Waals surface area contributed by atoms with Crippen LogP contribution in [0.15, 0.2) is 0 Å². The highest BCUT2D eigenvalue weighted by Crippen LogP contribution is 2.34. The van der Waals surface area contributed by atoms with Crippen molar-refractivity contribution < 1.29 is 23.1 Å². The number of likely N-dealkylation sites (N-methyl/N-ethyl adjacent to an activating group) is 1. The van der Waals surface area contributed by atoms with Crippen molar-refractivity contribution in [1.29, 1.82) is 0 Å². The van der Waals surface area contributed by atoms with Crippen LogP contribution in [0.2, 0.25) is 0 Å². The molecule has 0 spiro atoms. The number of carbonyl (C=O) groups is 1. The third-order valence-electron chi connectivity index (χ3n) is 3.32. The molecule has 0 aromatic carbocycles. The summed E-state index contributed by atoms with van der Waals surface area (Å²) >= 11 is 0. The Morgan fingerprint density at radius 1 is 1.41 bits per heavy atom. The molecule has 6 nitrogen and oxygen atoms in total. The van der Waals surface area contributed by atoms with Crippen LogP contribution in [0.5, 0.6) is 0 Å². The highest BCUT2D eigenvalue weighted by molar-refractivity contribution is 7.90. The smallest absolute Gasteiger partial charge is 0.310 e. The average Bonchev–Trinajstić information content (AvgIpc) is 3.00. The Morgan fingerprint density at radius 2 is 2.06 bits per heavy atom. The molecule has 0 radical (unpaired) electrons. The molecule has 0 amide bonds. The van der Waals surface area contributed by atoms with E-state index in [-0.39, 0.29) is 18.5 Å². The Bertz CT molecular complexity index is 403. The molecule has 2 atom stereocenters. The first-order chi connectivity index (χ1) is 7.98. The maximum Gasteiger partial charge on any atom is 0.310 e. The van der Waals surface area contributed by atoms with E-state index in [1.165, 1.54) is 4.31 Å². The van der Waals surface area contributed by atoms with Crippen molar-refractivity contribution >= 4 is 16.0 Å². The largest absolute Gasteiger partial charge is 0.481 e. The summed E-state index contributed by atoms with van der Waals surface area (Å²) in [6.45, 7) is 2.31. The van der Waals surface area contributed by atoms with E-state index in [1.807, 2.05) is 0 Å². The molecular weight excluding hydrogens is 246 g/mol. The van der Waals surface area contributed by atoms with Crippen molar-refractivity contribution in [1.82, 2.24) is 4.31 Å². The van der Waals surface area contributed by atoms with Gasteiger partial charge in [0.15, 0.2) is 0 Å². The predicted octanol–water partition coefficient (Wildman–Crippen LogP) is -0.0999. The van der Waals surface area contributed by atoms with Crippen LogP contribution in [0.3, 0.4) is 0 Å². The van der Waals surface area contributed by atoms with Crippen molar-refractivity contribution in [2.75, 3.05) is 19.8 Å². The van der Waals surface area contributed by atoms with Crippen molar-refractivity contribution in [2.24, 2.45) is 5.92 Å². The number of carboxylic acid groups (broad SMARTS) is 1. The Hall–Kier alpha value is -0.660. The Morgan fingerprint density at radius 3 is 2.53 bits per heavy atom. The lowest BCUT2D eigenvalue weighted by Crippen LogP contribution is -2.47. The zero-order chi connectivity index (χ0) is 12.6. The SMILES string of the molecule is CCN(C1COCC1C(=O)O)S(=O)(=O)C1CC1. The first kappa shape index (κ1) is 12.8. The van der Waals surface area contributed by atoms with E-state index < -0.39 is 28.0 Å². The molecule has 17 heavy (non-hydrogen) atoms. The molecule has 2 unspecified atom stereocenters. The number of carboxylic acids is 1. The van der Waals surface area contributed by atoms with Gasteiger partial charge in [-0.15, -0.1) is 0 Å². The fourth-order valence-electron chi connectivity index (χ4n) is 2.22. The van der Waals surface area contributed by atoms with Crippen molar-refractivity contribution in [3.05, 3.63) is 0 Å². The summed E-state index contributed by atoms with van der Waals surface area (Å²) in [7, 11) is -3.34. The zero-order valence-electron chi connectivity index (χ0n) is 9.70. The van der Waals surface area contributed by atoms with Gasteiger partial charge in [-0.3, -0.25) is 4.79 Å². The number of ether oxygens (including phenoxy) is 1. The van der Waals surface area contributed by atoms with Crippen LogP contribution in [-0.4, -0.2) is 54.8 Å². The minimum Gasteiger partial charge on any atom is -0.481 e. The van der Waals surface area contributed by atoms with Gasteiger partial charge in [0, 0.05) is 6.54 Å². The standard InChI is InChI=1S/C10H17NO5S/c1-2-11(17(14,15)7-3-4-7)9-6-16-5-8(9)10(12)13/h7-9H,2-6H2,1H3,(H,12,13). The summed E-state index contributed by atoms with van der Waals surface area (Å²) in [5.74, 6) is -1.74. The van der Waals surface area contributed by atoms with Crippen LogP contribution in [-0.2, 0) is 19.6 Å². The number of hydrogen-bond acceptors (Lipinski definition) is 4. The molecular formula is C10H17NO5S. The van der Waals surface area contributed by atoms with Crippen molar-refractivity contribution in [3.8, 4) is 0 Å². The number of rotatable bonds is 5. The molecule has 2 rings (SSSR count). The molecule has 0 bridgehead atoms. The molecule has 1 aliphatic carbocycles. The Balaban J connectivity index is 2.20. The summed E-state index contributed by atoms with van der Waals surface area (Å²) in [5.41, 5.74) is 0. The molecule has 98 valence electrons. The predicted molar refractivity (Wildman–Crippen MR) is 60.1 cm³/mol. The number of sulfonamides is 1. The van der Waals surface area contributed by atoms with E-state index in [1.54, 1.807) is 6.92 Å². The third-order valence-corrected chi connectivity index (χ3v) is 5.82. The third kappa shape index (κ3) is 2.31. The van der Waals surface area contributed by atoms with E-state index in [2.05, 4.69) is 0 Å². The molecule has 0 aromatic heterocycles. The number of nitrogens with zero attached hydrogens (tertiary/aromatic N) is 1. The second kappa shape index (κ2) is 4.55. The van der Waals surface area contributed by atoms with E-state index in [4.69, 9.17) is 9.84 Å². The van der Waals surface area contributed by atoms with E-state index in [0.29, 0.717) is 19.4 Å². The first-order valence-electron chi connectivity index (χ1n) is 5.79. The van der Waals surface area contributed by atoms with Crippen LogP contribution in [0, 0.1) is 5.92 Å². The lowest BCUT2D eigenvalue weighted by Gasteiger charge is -2.28. The molecule has 0 aromatic rings.